The summed E-state index contributed by atoms with van der Waals surface area (Å²) in [6.45, 7) is 4.99. The minimum atomic E-state index is -4.47. The number of fused-ring (bicyclic) bond motifs is 1. The minimum absolute atomic E-state index is 0.310. The van der Waals surface area contributed by atoms with Gasteiger partial charge in [0.2, 0.25) is 0 Å². The molecule has 0 amide bonds. The zero-order valence-electron chi connectivity index (χ0n) is 12.7. The molecular formula is C16H17F3N4. The average molecular weight is 322 g/mol. The number of benzene rings is 1. The van der Waals surface area contributed by atoms with Gasteiger partial charge < -0.3 is 5.32 Å². The van der Waals surface area contributed by atoms with Gasteiger partial charge in [0.25, 0.3) is 0 Å². The van der Waals surface area contributed by atoms with E-state index in [0.29, 0.717) is 5.82 Å². The summed E-state index contributed by atoms with van der Waals surface area (Å²) in [7, 11) is 0. The van der Waals surface area contributed by atoms with Crippen molar-refractivity contribution in [3.05, 3.63) is 47.2 Å². The maximum atomic E-state index is 12.5. The van der Waals surface area contributed by atoms with E-state index in [0.717, 1.165) is 37.8 Å². The van der Waals surface area contributed by atoms with Gasteiger partial charge in [-0.15, -0.1) is 10.2 Å². The fourth-order valence-corrected chi connectivity index (χ4v) is 2.74. The van der Waals surface area contributed by atoms with Gasteiger partial charge in [0.05, 0.1) is 0 Å². The summed E-state index contributed by atoms with van der Waals surface area (Å²) >= 11 is 0. The Morgan fingerprint density at radius 3 is 2.65 bits per heavy atom. The normalized spacial score (nSPS) is 15.3. The Kier molecular flexibility index (Phi) is 4.21. The lowest BCUT2D eigenvalue weighted by atomic mass is 9.98. The molecule has 1 aromatic carbocycles. The molecule has 7 heteroatoms. The van der Waals surface area contributed by atoms with Crippen molar-refractivity contribution in [1.29, 1.82) is 0 Å². The van der Waals surface area contributed by atoms with Crippen LogP contribution in [-0.2, 0) is 19.1 Å². The van der Waals surface area contributed by atoms with Gasteiger partial charge in [-0.1, -0.05) is 19.1 Å². The molecule has 0 saturated heterocycles. The van der Waals surface area contributed by atoms with Gasteiger partial charge in [-0.05, 0) is 42.3 Å². The highest BCUT2D eigenvalue weighted by molar-refractivity contribution is 5.62. The monoisotopic (exact) mass is 322 g/mol. The average Bonchev–Trinajstić information content (AvgIpc) is 2.54. The summed E-state index contributed by atoms with van der Waals surface area (Å²) in [5.74, 6) is 0.310. The molecule has 0 atom stereocenters. The number of hydrogen-bond acceptors (Lipinski definition) is 4. The number of anilines is 2. The maximum absolute atomic E-state index is 12.5. The van der Waals surface area contributed by atoms with Crippen molar-refractivity contribution in [2.24, 2.45) is 0 Å². The van der Waals surface area contributed by atoms with Crippen molar-refractivity contribution in [3.63, 3.8) is 0 Å². The van der Waals surface area contributed by atoms with Crippen LogP contribution >= 0.6 is 0 Å². The molecule has 0 aliphatic carbocycles. The smallest absolute Gasteiger partial charge is 0.338 e. The van der Waals surface area contributed by atoms with Gasteiger partial charge in [-0.2, -0.15) is 13.2 Å². The number of aromatic nitrogens is 2. The highest BCUT2D eigenvalue weighted by atomic mass is 19.4. The summed E-state index contributed by atoms with van der Waals surface area (Å²) in [4.78, 5) is 2.35. The molecule has 3 rings (SSSR count). The van der Waals surface area contributed by atoms with Crippen molar-refractivity contribution in [2.45, 2.75) is 26.1 Å². The maximum Gasteiger partial charge on any atom is 0.435 e. The van der Waals surface area contributed by atoms with E-state index in [-0.39, 0.29) is 0 Å². The minimum Gasteiger partial charge on any atom is -0.338 e. The van der Waals surface area contributed by atoms with Crippen LogP contribution in [0.1, 0.15) is 23.7 Å². The number of nitrogens with one attached hydrogen (secondary N) is 1. The van der Waals surface area contributed by atoms with Crippen LogP contribution in [0.5, 0.6) is 0 Å². The standard InChI is InChI=1S/C16H17F3N4/c1-2-23-9-8-12-11(10-23)4-3-5-13(12)20-15-7-6-14(21-22-15)16(17,18)19/h3-7H,2,8-10H2,1H3,(H,20,22). The Labute approximate surface area is 132 Å². The Morgan fingerprint density at radius 2 is 2.00 bits per heavy atom. The first-order valence-corrected chi connectivity index (χ1v) is 7.48. The van der Waals surface area contributed by atoms with Gasteiger partial charge in [0.1, 0.15) is 0 Å². The third-order valence-electron chi connectivity index (χ3n) is 4.01. The Balaban J connectivity index is 1.81. The number of hydrogen-bond donors (Lipinski definition) is 1. The first-order valence-electron chi connectivity index (χ1n) is 7.48. The molecule has 0 unspecified atom stereocenters. The number of likely N-dealkylation sites (N-methyl/N-ethyl adjacent to an activating group) is 1. The van der Waals surface area contributed by atoms with Crippen LogP contribution in [0.2, 0.25) is 0 Å². The number of alkyl halides is 3. The zero-order valence-corrected chi connectivity index (χ0v) is 12.7. The van der Waals surface area contributed by atoms with E-state index in [9.17, 15) is 13.2 Å². The lowest BCUT2D eigenvalue weighted by Crippen LogP contribution is -2.30. The second kappa shape index (κ2) is 6.16. The summed E-state index contributed by atoms with van der Waals surface area (Å²) in [5, 5.41) is 9.95. The molecule has 2 heterocycles. The third-order valence-corrected chi connectivity index (χ3v) is 4.01. The van der Waals surface area contributed by atoms with E-state index in [1.54, 1.807) is 0 Å². The van der Waals surface area contributed by atoms with E-state index in [2.05, 4.69) is 33.4 Å². The quantitative estimate of drug-likeness (QED) is 0.937. The molecular weight excluding hydrogens is 305 g/mol. The number of nitrogens with zero attached hydrogens (tertiary/aromatic N) is 3. The lowest BCUT2D eigenvalue weighted by molar-refractivity contribution is -0.141. The van der Waals surface area contributed by atoms with Crippen molar-refractivity contribution in [1.82, 2.24) is 15.1 Å². The van der Waals surface area contributed by atoms with Gasteiger partial charge in [-0.25, -0.2) is 0 Å². The summed E-state index contributed by atoms with van der Waals surface area (Å²) in [6.07, 6.45) is -3.57. The van der Waals surface area contributed by atoms with E-state index >= 15 is 0 Å². The van der Waals surface area contributed by atoms with Crippen LogP contribution in [0.4, 0.5) is 24.7 Å². The Hall–Kier alpha value is -2.15. The fraction of sp³-hybridized carbons (Fsp3) is 0.375. The second-order valence-electron chi connectivity index (χ2n) is 5.49. The summed E-state index contributed by atoms with van der Waals surface area (Å²) in [5.41, 5.74) is 2.32. The highest BCUT2D eigenvalue weighted by Gasteiger charge is 2.32. The zero-order chi connectivity index (χ0) is 16.4. The van der Waals surface area contributed by atoms with Crippen molar-refractivity contribution < 1.29 is 13.2 Å². The van der Waals surface area contributed by atoms with Crippen LogP contribution in [0, 0.1) is 0 Å². The first-order chi connectivity index (χ1) is 11.0. The van der Waals surface area contributed by atoms with E-state index in [4.69, 9.17) is 0 Å². The molecule has 0 bridgehead atoms. The van der Waals surface area contributed by atoms with Crippen LogP contribution < -0.4 is 5.32 Å². The van der Waals surface area contributed by atoms with Crippen molar-refractivity contribution in [3.8, 4) is 0 Å². The molecule has 1 aromatic heterocycles. The molecule has 1 aliphatic rings. The lowest BCUT2D eigenvalue weighted by Gasteiger charge is -2.29. The fourth-order valence-electron chi connectivity index (χ4n) is 2.74. The molecule has 4 nitrogen and oxygen atoms in total. The molecule has 0 saturated carbocycles. The van der Waals surface area contributed by atoms with Crippen molar-refractivity contribution in [2.75, 3.05) is 18.4 Å². The topological polar surface area (TPSA) is 41.0 Å². The first kappa shape index (κ1) is 15.7. The molecule has 122 valence electrons. The third kappa shape index (κ3) is 3.44. The summed E-state index contributed by atoms with van der Waals surface area (Å²) in [6, 6.07) is 8.18. The van der Waals surface area contributed by atoms with Gasteiger partial charge in [0.15, 0.2) is 11.5 Å². The number of rotatable bonds is 3. The molecule has 0 spiro atoms. The molecule has 0 fully saturated rings. The molecule has 2 aromatic rings. The second-order valence-corrected chi connectivity index (χ2v) is 5.49. The van der Waals surface area contributed by atoms with Crippen LogP contribution in [0.3, 0.4) is 0 Å². The van der Waals surface area contributed by atoms with Crippen molar-refractivity contribution >= 4 is 11.5 Å². The van der Waals surface area contributed by atoms with E-state index in [1.165, 1.54) is 17.2 Å². The highest BCUT2D eigenvalue weighted by Crippen LogP contribution is 2.30. The predicted molar refractivity (Wildman–Crippen MR) is 81.4 cm³/mol. The van der Waals surface area contributed by atoms with Crippen LogP contribution in [0.25, 0.3) is 0 Å². The molecule has 1 N–H and O–H groups in total. The van der Waals surface area contributed by atoms with E-state index in [1.807, 2.05) is 12.1 Å². The van der Waals surface area contributed by atoms with E-state index < -0.39 is 11.9 Å². The van der Waals surface area contributed by atoms with Gasteiger partial charge in [0, 0.05) is 18.8 Å². The molecule has 23 heavy (non-hydrogen) atoms. The SMILES string of the molecule is CCN1CCc2c(cccc2Nc2ccc(C(F)(F)F)nn2)C1. The molecule has 1 aliphatic heterocycles. The summed E-state index contributed by atoms with van der Waals surface area (Å²) < 4.78 is 37.5. The van der Waals surface area contributed by atoms with Gasteiger partial charge in [-0.3, -0.25) is 4.90 Å². The Morgan fingerprint density at radius 1 is 1.17 bits per heavy atom. The Bertz CT molecular complexity index is 683. The van der Waals surface area contributed by atoms with Crippen LogP contribution in [0.15, 0.2) is 30.3 Å². The number of halogens is 3. The van der Waals surface area contributed by atoms with Crippen LogP contribution in [-0.4, -0.2) is 28.2 Å². The largest absolute Gasteiger partial charge is 0.435 e. The van der Waals surface area contributed by atoms with Gasteiger partial charge >= 0.3 is 6.18 Å². The predicted octanol–water partition coefficient (Wildman–Crippen LogP) is 3.62. The molecule has 0 radical (unpaired) electrons.